The lowest BCUT2D eigenvalue weighted by molar-refractivity contribution is 0.0957. The van der Waals surface area contributed by atoms with Crippen LogP contribution >= 0.6 is 0 Å². The highest BCUT2D eigenvalue weighted by molar-refractivity contribution is 4.83. The van der Waals surface area contributed by atoms with Crippen LogP contribution in [0.4, 0.5) is 0 Å². The maximum Gasteiger partial charge on any atom is 0.0223 e. The van der Waals surface area contributed by atoms with Crippen LogP contribution in [0.25, 0.3) is 0 Å². The van der Waals surface area contributed by atoms with Gasteiger partial charge in [0.1, 0.15) is 0 Å². The third kappa shape index (κ3) is 3.19. The molecule has 0 amide bonds. The second kappa shape index (κ2) is 5.99. The van der Waals surface area contributed by atoms with Crippen molar-refractivity contribution in [3.8, 4) is 0 Å². The maximum absolute atomic E-state index is 3.52. The van der Waals surface area contributed by atoms with Crippen LogP contribution in [0.3, 0.4) is 0 Å². The number of likely N-dealkylation sites (tertiary alicyclic amines) is 1. The Labute approximate surface area is 100 Å². The molecular weight excluding hydrogens is 198 g/mol. The van der Waals surface area contributed by atoms with E-state index in [1.807, 2.05) is 0 Å². The van der Waals surface area contributed by atoms with E-state index in [0.29, 0.717) is 6.04 Å². The number of piperidine rings is 1. The summed E-state index contributed by atoms with van der Waals surface area (Å²) in [4.78, 5) is 5.33. The van der Waals surface area contributed by atoms with E-state index >= 15 is 0 Å². The summed E-state index contributed by atoms with van der Waals surface area (Å²) in [7, 11) is 0. The van der Waals surface area contributed by atoms with Gasteiger partial charge in [0.15, 0.2) is 0 Å². The molecular formula is C13H27N3. The smallest absolute Gasteiger partial charge is 0.0223 e. The van der Waals surface area contributed by atoms with E-state index in [2.05, 4.69) is 29.0 Å². The molecule has 94 valence electrons. The zero-order chi connectivity index (χ0) is 11.4. The molecule has 0 spiro atoms. The van der Waals surface area contributed by atoms with Gasteiger partial charge in [-0.1, -0.05) is 13.3 Å². The van der Waals surface area contributed by atoms with Crippen LogP contribution < -0.4 is 5.32 Å². The van der Waals surface area contributed by atoms with E-state index in [4.69, 9.17) is 0 Å². The molecule has 0 aromatic heterocycles. The predicted octanol–water partition coefficient (Wildman–Crippen LogP) is 1.15. The lowest BCUT2D eigenvalue weighted by Crippen LogP contribution is -2.54. The summed E-state index contributed by atoms with van der Waals surface area (Å²) in [6.45, 7) is 12.1. The minimum Gasteiger partial charge on any atom is -0.312 e. The second-order valence-corrected chi connectivity index (χ2v) is 5.39. The number of piperazine rings is 1. The molecule has 2 atom stereocenters. The van der Waals surface area contributed by atoms with Crippen molar-refractivity contribution in [2.24, 2.45) is 0 Å². The molecule has 3 nitrogen and oxygen atoms in total. The topological polar surface area (TPSA) is 18.5 Å². The summed E-state index contributed by atoms with van der Waals surface area (Å²) in [6, 6.07) is 1.50. The summed E-state index contributed by atoms with van der Waals surface area (Å²) in [6.07, 6.45) is 4.25. The monoisotopic (exact) mass is 225 g/mol. The van der Waals surface area contributed by atoms with Gasteiger partial charge in [0.05, 0.1) is 0 Å². The van der Waals surface area contributed by atoms with Gasteiger partial charge >= 0.3 is 0 Å². The highest BCUT2D eigenvalue weighted by Crippen LogP contribution is 2.18. The zero-order valence-corrected chi connectivity index (χ0v) is 10.9. The standard InChI is InChI=1S/C13H27N3/c1-3-16-8-5-4-6-13(16)11-15-9-7-14-12(2)10-15/h12-14H,3-11H2,1-2H3. The summed E-state index contributed by atoms with van der Waals surface area (Å²) in [5.41, 5.74) is 0. The molecule has 16 heavy (non-hydrogen) atoms. The fourth-order valence-corrected chi connectivity index (χ4v) is 3.16. The van der Waals surface area contributed by atoms with Crippen LogP contribution in [0.1, 0.15) is 33.1 Å². The maximum atomic E-state index is 3.52. The minimum atomic E-state index is 0.674. The lowest BCUT2D eigenvalue weighted by Gasteiger charge is -2.40. The molecule has 2 heterocycles. The lowest BCUT2D eigenvalue weighted by atomic mass is 10.0. The first-order valence-corrected chi connectivity index (χ1v) is 6.99. The zero-order valence-electron chi connectivity index (χ0n) is 10.9. The van der Waals surface area contributed by atoms with Gasteiger partial charge in [0, 0.05) is 38.3 Å². The van der Waals surface area contributed by atoms with Crippen LogP contribution in [0.2, 0.25) is 0 Å². The molecule has 2 unspecified atom stereocenters. The average molecular weight is 225 g/mol. The number of hydrogen-bond acceptors (Lipinski definition) is 3. The molecule has 0 radical (unpaired) electrons. The second-order valence-electron chi connectivity index (χ2n) is 5.39. The Morgan fingerprint density at radius 2 is 2.12 bits per heavy atom. The fraction of sp³-hybridized carbons (Fsp3) is 1.00. The molecule has 1 N–H and O–H groups in total. The Bertz CT molecular complexity index is 207. The van der Waals surface area contributed by atoms with E-state index in [9.17, 15) is 0 Å². The van der Waals surface area contributed by atoms with Gasteiger partial charge in [-0.15, -0.1) is 0 Å². The van der Waals surface area contributed by atoms with Crippen LogP contribution in [0.5, 0.6) is 0 Å². The normalized spacial score (nSPS) is 34.1. The molecule has 2 aliphatic heterocycles. The van der Waals surface area contributed by atoms with Gasteiger partial charge < -0.3 is 5.32 Å². The van der Waals surface area contributed by atoms with Crippen molar-refractivity contribution in [1.29, 1.82) is 0 Å². The Hall–Kier alpha value is -0.120. The highest BCUT2D eigenvalue weighted by atomic mass is 15.2. The average Bonchev–Trinajstić information content (AvgIpc) is 2.30. The van der Waals surface area contributed by atoms with Crippen molar-refractivity contribution < 1.29 is 0 Å². The van der Waals surface area contributed by atoms with Crippen molar-refractivity contribution in [1.82, 2.24) is 15.1 Å². The van der Waals surface area contributed by atoms with Crippen molar-refractivity contribution in [2.75, 3.05) is 39.3 Å². The van der Waals surface area contributed by atoms with Crippen molar-refractivity contribution in [3.05, 3.63) is 0 Å². The van der Waals surface area contributed by atoms with Crippen LogP contribution in [0, 0.1) is 0 Å². The van der Waals surface area contributed by atoms with E-state index in [1.54, 1.807) is 0 Å². The van der Waals surface area contributed by atoms with Gasteiger partial charge in [0.2, 0.25) is 0 Å². The number of hydrogen-bond donors (Lipinski definition) is 1. The first-order chi connectivity index (χ1) is 7.79. The molecule has 2 saturated heterocycles. The van der Waals surface area contributed by atoms with Gasteiger partial charge in [-0.3, -0.25) is 9.80 Å². The van der Waals surface area contributed by atoms with E-state index in [-0.39, 0.29) is 0 Å². The number of likely N-dealkylation sites (N-methyl/N-ethyl adjacent to an activating group) is 1. The molecule has 2 aliphatic rings. The third-order valence-electron chi connectivity index (χ3n) is 4.08. The van der Waals surface area contributed by atoms with E-state index < -0.39 is 0 Å². The van der Waals surface area contributed by atoms with Crippen LogP contribution in [0.15, 0.2) is 0 Å². The minimum absolute atomic E-state index is 0.674. The van der Waals surface area contributed by atoms with Gasteiger partial charge in [0.25, 0.3) is 0 Å². The first kappa shape index (κ1) is 12.3. The van der Waals surface area contributed by atoms with Crippen LogP contribution in [-0.2, 0) is 0 Å². The number of rotatable bonds is 3. The Kier molecular flexibility index (Phi) is 4.62. The van der Waals surface area contributed by atoms with Crippen LogP contribution in [-0.4, -0.2) is 61.2 Å². The Morgan fingerprint density at radius 1 is 1.25 bits per heavy atom. The van der Waals surface area contributed by atoms with Gasteiger partial charge in [-0.25, -0.2) is 0 Å². The Balaban J connectivity index is 1.82. The summed E-state index contributed by atoms with van der Waals surface area (Å²) in [5, 5.41) is 3.52. The molecule has 0 aliphatic carbocycles. The summed E-state index contributed by atoms with van der Waals surface area (Å²) < 4.78 is 0. The molecule has 0 bridgehead atoms. The summed E-state index contributed by atoms with van der Waals surface area (Å²) in [5.74, 6) is 0. The van der Waals surface area contributed by atoms with E-state index in [0.717, 1.165) is 6.04 Å². The summed E-state index contributed by atoms with van der Waals surface area (Å²) >= 11 is 0. The van der Waals surface area contributed by atoms with E-state index in [1.165, 1.54) is 58.5 Å². The van der Waals surface area contributed by atoms with Gasteiger partial charge in [-0.2, -0.15) is 0 Å². The first-order valence-electron chi connectivity index (χ1n) is 6.99. The van der Waals surface area contributed by atoms with Crippen molar-refractivity contribution >= 4 is 0 Å². The van der Waals surface area contributed by atoms with Gasteiger partial charge in [-0.05, 0) is 32.9 Å². The third-order valence-corrected chi connectivity index (χ3v) is 4.08. The molecule has 2 rings (SSSR count). The quantitative estimate of drug-likeness (QED) is 0.777. The van der Waals surface area contributed by atoms with Crippen molar-refractivity contribution in [2.45, 2.75) is 45.2 Å². The molecule has 2 fully saturated rings. The molecule has 0 aromatic rings. The number of nitrogens with zero attached hydrogens (tertiary/aromatic N) is 2. The molecule has 0 aromatic carbocycles. The van der Waals surface area contributed by atoms with Crippen molar-refractivity contribution in [3.63, 3.8) is 0 Å². The SMILES string of the molecule is CCN1CCCCC1CN1CCNC(C)C1. The number of nitrogens with one attached hydrogen (secondary N) is 1. The fourth-order valence-electron chi connectivity index (χ4n) is 3.16. The molecule has 0 saturated carbocycles. The largest absolute Gasteiger partial charge is 0.312 e. The predicted molar refractivity (Wildman–Crippen MR) is 68.8 cm³/mol. The highest BCUT2D eigenvalue weighted by Gasteiger charge is 2.25. The molecule has 3 heteroatoms. The Morgan fingerprint density at radius 3 is 2.88 bits per heavy atom.